The van der Waals surface area contributed by atoms with Crippen molar-refractivity contribution in [2.45, 2.75) is 19.1 Å². The highest BCUT2D eigenvalue weighted by Gasteiger charge is 2.29. The third-order valence-corrected chi connectivity index (χ3v) is 3.52. The van der Waals surface area contributed by atoms with Crippen LogP contribution in [0.25, 0.3) is 0 Å². The van der Waals surface area contributed by atoms with Crippen LogP contribution < -0.4 is 20.1 Å². The fraction of sp³-hybridized carbons (Fsp3) is 0.533. The van der Waals surface area contributed by atoms with Gasteiger partial charge >= 0.3 is 6.18 Å². The molecule has 1 atom stereocenters. The molecule has 0 spiro atoms. The second-order valence-corrected chi connectivity index (χ2v) is 5.30. The largest absolute Gasteiger partial charge is 0.493 e. The smallest absolute Gasteiger partial charge is 0.422 e. The Hall–Kier alpha value is -1.96. The van der Waals surface area contributed by atoms with Crippen LogP contribution in [0.15, 0.2) is 18.2 Å². The predicted octanol–water partition coefficient (Wildman–Crippen LogP) is 1.86. The molecule has 1 heterocycles. The number of benzene rings is 1. The van der Waals surface area contributed by atoms with E-state index in [1.807, 2.05) is 0 Å². The van der Waals surface area contributed by atoms with Gasteiger partial charge < -0.3 is 20.1 Å². The first-order valence-corrected chi connectivity index (χ1v) is 7.24. The lowest BCUT2D eigenvalue weighted by atomic mass is 10.1. The average molecular weight is 332 g/mol. The molecule has 1 aliphatic heterocycles. The Morgan fingerprint density at radius 2 is 2.17 bits per heavy atom. The summed E-state index contributed by atoms with van der Waals surface area (Å²) in [5.74, 6) is 0.140. The van der Waals surface area contributed by atoms with Gasteiger partial charge in [-0.2, -0.15) is 13.2 Å². The van der Waals surface area contributed by atoms with E-state index in [0.717, 1.165) is 18.5 Å². The van der Waals surface area contributed by atoms with Crippen molar-refractivity contribution in [3.05, 3.63) is 23.8 Å². The van der Waals surface area contributed by atoms with Gasteiger partial charge in [0.1, 0.15) is 0 Å². The summed E-state index contributed by atoms with van der Waals surface area (Å²) in [5.41, 5.74) is 0.723. The van der Waals surface area contributed by atoms with Gasteiger partial charge in [0.15, 0.2) is 18.1 Å². The van der Waals surface area contributed by atoms with Crippen LogP contribution in [0.3, 0.4) is 0 Å². The van der Waals surface area contributed by atoms with E-state index in [-0.39, 0.29) is 29.9 Å². The first-order valence-electron chi connectivity index (χ1n) is 7.24. The second-order valence-electron chi connectivity index (χ2n) is 5.30. The minimum atomic E-state index is -4.41. The minimum absolute atomic E-state index is 0.0138. The molecule has 1 amide bonds. The Balaban J connectivity index is 1.93. The molecule has 1 aromatic rings. The number of alkyl halides is 3. The van der Waals surface area contributed by atoms with Gasteiger partial charge in [0, 0.05) is 13.1 Å². The molecule has 1 aromatic carbocycles. The fourth-order valence-corrected chi connectivity index (χ4v) is 2.31. The molecule has 23 heavy (non-hydrogen) atoms. The van der Waals surface area contributed by atoms with Gasteiger partial charge in [-0.05, 0) is 30.7 Å². The van der Waals surface area contributed by atoms with Crippen molar-refractivity contribution in [1.29, 1.82) is 0 Å². The number of nitrogens with one attached hydrogen (secondary N) is 2. The lowest BCUT2D eigenvalue weighted by Gasteiger charge is -2.14. The number of rotatable bonds is 6. The van der Waals surface area contributed by atoms with Gasteiger partial charge in [-0.1, -0.05) is 6.07 Å². The summed E-state index contributed by atoms with van der Waals surface area (Å²) in [6, 6.07) is 4.56. The zero-order chi connectivity index (χ0) is 16.9. The highest BCUT2D eigenvalue weighted by Crippen LogP contribution is 2.29. The molecule has 0 aromatic heterocycles. The molecule has 1 aliphatic rings. The summed E-state index contributed by atoms with van der Waals surface area (Å²) < 4.78 is 46.3. The van der Waals surface area contributed by atoms with E-state index in [4.69, 9.17) is 9.47 Å². The van der Waals surface area contributed by atoms with Gasteiger partial charge in [0.2, 0.25) is 5.91 Å². The topological polar surface area (TPSA) is 59.6 Å². The fourth-order valence-electron chi connectivity index (χ4n) is 2.31. The molecule has 1 fully saturated rings. The van der Waals surface area contributed by atoms with Gasteiger partial charge in [0.25, 0.3) is 0 Å². The SMILES string of the molecule is COc1cc(CNC(=O)C2CCNC2)ccc1OCC(F)(F)F. The Kier molecular flexibility index (Phi) is 5.70. The Bertz CT molecular complexity index is 543. The summed E-state index contributed by atoms with van der Waals surface area (Å²) in [6.45, 7) is 0.399. The molecule has 128 valence electrons. The van der Waals surface area contributed by atoms with Crippen molar-refractivity contribution in [2.75, 3.05) is 26.8 Å². The van der Waals surface area contributed by atoms with Crippen molar-refractivity contribution in [3.63, 3.8) is 0 Å². The molecule has 8 heteroatoms. The second kappa shape index (κ2) is 7.54. The van der Waals surface area contributed by atoms with Gasteiger partial charge in [-0.3, -0.25) is 4.79 Å². The summed E-state index contributed by atoms with van der Waals surface area (Å²) in [7, 11) is 1.35. The molecule has 2 rings (SSSR count). The molecule has 1 saturated heterocycles. The standard InChI is InChI=1S/C15H19F3N2O3/c1-22-13-6-10(2-3-12(13)23-9-15(16,17)18)7-20-14(21)11-4-5-19-8-11/h2-3,6,11,19H,4-5,7-9H2,1H3,(H,20,21). The highest BCUT2D eigenvalue weighted by atomic mass is 19.4. The van der Waals surface area contributed by atoms with Crippen LogP contribution in [-0.2, 0) is 11.3 Å². The van der Waals surface area contributed by atoms with E-state index < -0.39 is 12.8 Å². The normalized spacial score (nSPS) is 17.8. The van der Waals surface area contributed by atoms with Gasteiger partial charge in [0.05, 0.1) is 13.0 Å². The lowest BCUT2D eigenvalue weighted by Crippen LogP contribution is -2.31. The van der Waals surface area contributed by atoms with Crippen LogP contribution in [0.4, 0.5) is 13.2 Å². The Labute approximate surface area is 132 Å². The van der Waals surface area contributed by atoms with Gasteiger partial charge in [-0.15, -0.1) is 0 Å². The molecule has 0 bridgehead atoms. The molecule has 0 aliphatic carbocycles. The minimum Gasteiger partial charge on any atom is -0.493 e. The first kappa shape index (κ1) is 17.4. The molecule has 0 saturated carbocycles. The third kappa shape index (κ3) is 5.31. The number of hydrogen-bond acceptors (Lipinski definition) is 4. The summed E-state index contributed by atoms with van der Waals surface area (Å²) in [6.07, 6.45) is -3.60. The quantitative estimate of drug-likeness (QED) is 0.835. The number of methoxy groups -OCH3 is 1. The van der Waals surface area contributed by atoms with Crippen LogP contribution in [0.2, 0.25) is 0 Å². The Morgan fingerprint density at radius 3 is 2.78 bits per heavy atom. The number of carbonyl (C=O) groups excluding carboxylic acids is 1. The lowest BCUT2D eigenvalue weighted by molar-refractivity contribution is -0.153. The van der Waals surface area contributed by atoms with Gasteiger partial charge in [-0.25, -0.2) is 0 Å². The zero-order valence-corrected chi connectivity index (χ0v) is 12.7. The van der Waals surface area contributed by atoms with E-state index >= 15 is 0 Å². The molecule has 5 nitrogen and oxygen atoms in total. The number of carbonyl (C=O) groups is 1. The number of ether oxygens (including phenoxy) is 2. The molecule has 1 unspecified atom stereocenters. The average Bonchev–Trinajstić information content (AvgIpc) is 3.04. The van der Waals surface area contributed by atoms with E-state index in [2.05, 4.69) is 10.6 Å². The Morgan fingerprint density at radius 1 is 1.39 bits per heavy atom. The number of halogens is 3. The van der Waals surface area contributed by atoms with Crippen LogP contribution in [-0.4, -0.2) is 38.9 Å². The molecule has 0 radical (unpaired) electrons. The summed E-state index contributed by atoms with van der Waals surface area (Å²) in [5, 5.41) is 5.93. The number of hydrogen-bond donors (Lipinski definition) is 2. The van der Waals surface area contributed by atoms with Crippen molar-refractivity contribution in [1.82, 2.24) is 10.6 Å². The number of amides is 1. The third-order valence-electron chi connectivity index (χ3n) is 3.52. The monoisotopic (exact) mass is 332 g/mol. The maximum atomic E-state index is 12.2. The van der Waals surface area contributed by atoms with E-state index in [1.54, 1.807) is 12.1 Å². The molecule has 2 N–H and O–H groups in total. The van der Waals surface area contributed by atoms with E-state index in [1.165, 1.54) is 13.2 Å². The van der Waals surface area contributed by atoms with Crippen LogP contribution in [0.5, 0.6) is 11.5 Å². The first-order chi connectivity index (χ1) is 10.9. The van der Waals surface area contributed by atoms with E-state index in [9.17, 15) is 18.0 Å². The van der Waals surface area contributed by atoms with Crippen LogP contribution in [0, 0.1) is 5.92 Å². The van der Waals surface area contributed by atoms with Crippen molar-refractivity contribution in [2.24, 2.45) is 5.92 Å². The predicted molar refractivity (Wildman–Crippen MR) is 77.4 cm³/mol. The zero-order valence-electron chi connectivity index (χ0n) is 12.7. The van der Waals surface area contributed by atoms with Crippen molar-refractivity contribution in [3.8, 4) is 11.5 Å². The van der Waals surface area contributed by atoms with Crippen molar-refractivity contribution >= 4 is 5.91 Å². The van der Waals surface area contributed by atoms with Crippen LogP contribution >= 0.6 is 0 Å². The van der Waals surface area contributed by atoms with E-state index in [0.29, 0.717) is 6.54 Å². The molecular formula is C15H19F3N2O3. The van der Waals surface area contributed by atoms with Crippen LogP contribution in [0.1, 0.15) is 12.0 Å². The maximum absolute atomic E-state index is 12.2. The maximum Gasteiger partial charge on any atom is 0.422 e. The molecular weight excluding hydrogens is 313 g/mol. The summed E-state index contributed by atoms with van der Waals surface area (Å²) in [4.78, 5) is 11.9. The van der Waals surface area contributed by atoms with Crippen molar-refractivity contribution < 1.29 is 27.4 Å². The summed E-state index contributed by atoms with van der Waals surface area (Å²) >= 11 is 0. The highest BCUT2D eigenvalue weighted by molar-refractivity contribution is 5.79.